The van der Waals surface area contributed by atoms with Crippen LogP contribution in [0.2, 0.25) is 0 Å². The number of fused-ring (bicyclic) bond motifs is 1. The van der Waals surface area contributed by atoms with Crippen molar-refractivity contribution in [3.05, 3.63) is 202 Å². The Morgan fingerprint density at radius 1 is 0.980 bits per heavy atom. The van der Waals surface area contributed by atoms with Gasteiger partial charge in [-0.25, -0.2) is 4.99 Å². The number of benzene rings is 3. The molecule has 3 aromatic carbocycles. The molecule has 0 bridgehead atoms. The quantitative estimate of drug-likeness (QED) is 0.148. The van der Waals surface area contributed by atoms with Crippen LogP contribution in [-0.4, -0.2) is 17.3 Å². The van der Waals surface area contributed by atoms with Gasteiger partial charge in [-0.15, -0.1) is 11.5 Å². The van der Waals surface area contributed by atoms with Crippen LogP contribution in [0.15, 0.2) is 179 Å². The zero-order chi connectivity index (χ0) is 34.6. The fraction of sp³-hybridized carbons (Fsp3) is 0.109. The predicted molar refractivity (Wildman–Crippen MR) is 212 cm³/mol. The number of likely N-dealkylation sites (N-methyl/N-ethyl adjacent to an activating group) is 1. The molecule has 0 amide bonds. The standard InChI is InChI=1S/C46H40N4/c1-5-14-44-45(33-15-9-10-16-33)37-19-11-12-22-43(37)50(44)35-26-27-36(38-29-32(3)24-23-31(2)25-28-41(38)48-4)39(30-35)46(34-17-7-6-8-18-34)49-42-21-13-20-40(42)47/h5-12,14-15,17-30,32,48H,47H2,1-4H3/b14-5-,24-23-,31-25-,38-29-,41-28+,49-46-. The molecule has 1 heterocycles. The molecule has 1 unspecified atom stereocenters. The Balaban J connectivity index is 1.58. The number of aromatic nitrogens is 1. The number of nitrogens with two attached hydrogens (primary N) is 1. The number of aliphatic imine (C=N–C) groups is 1. The normalized spacial score (nSPS) is 21.0. The van der Waals surface area contributed by atoms with Gasteiger partial charge >= 0.3 is 0 Å². The second-order valence-corrected chi connectivity index (χ2v) is 12.6. The summed E-state index contributed by atoms with van der Waals surface area (Å²) in [6.07, 6.45) is 25.2. The van der Waals surface area contributed by atoms with Crippen LogP contribution in [0.4, 0.5) is 0 Å². The number of hydrogen-bond acceptors (Lipinski definition) is 3. The van der Waals surface area contributed by atoms with Crippen molar-refractivity contribution in [1.29, 1.82) is 0 Å². The van der Waals surface area contributed by atoms with E-state index in [0.29, 0.717) is 11.4 Å². The van der Waals surface area contributed by atoms with Crippen LogP contribution in [0.1, 0.15) is 48.7 Å². The molecular weight excluding hydrogens is 609 g/mol. The van der Waals surface area contributed by atoms with Crippen molar-refractivity contribution in [3.8, 4) is 5.69 Å². The zero-order valence-corrected chi connectivity index (χ0v) is 28.9. The maximum atomic E-state index is 6.44. The summed E-state index contributed by atoms with van der Waals surface area (Å²) in [7, 11) is 1.98. The van der Waals surface area contributed by atoms with E-state index in [1.54, 1.807) is 6.08 Å². The first-order valence-corrected chi connectivity index (χ1v) is 17.0. The van der Waals surface area contributed by atoms with Gasteiger partial charge in [0, 0.05) is 63.8 Å². The summed E-state index contributed by atoms with van der Waals surface area (Å²) in [6, 6.07) is 25.7. The van der Waals surface area contributed by atoms with Crippen LogP contribution < -0.4 is 11.1 Å². The lowest BCUT2D eigenvalue weighted by molar-refractivity contribution is 0.934. The molecule has 4 heteroatoms. The Hall–Kier alpha value is -6.31. The smallest absolute Gasteiger partial charge is 0.0949 e. The Bertz CT molecular complexity index is 2400. The predicted octanol–water partition coefficient (Wildman–Crippen LogP) is 10.1. The number of allylic oxidation sites excluding steroid dienone is 13. The largest absolute Gasteiger partial charge is 0.396 e. The molecule has 1 atom stereocenters. The summed E-state index contributed by atoms with van der Waals surface area (Å²) in [4.78, 5) is 5.30. The van der Waals surface area contributed by atoms with Crippen molar-refractivity contribution in [3.63, 3.8) is 0 Å². The lowest BCUT2D eigenvalue weighted by atomic mass is 9.89. The summed E-state index contributed by atoms with van der Waals surface area (Å²) in [6.45, 7) is 6.42. The molecule has 3 aliphatic carbocycles. The minimum Gasteiger partial charge on any atom is -0.396 e. The Kier molecular flexibility index (Phi) is 9.06. The van der Waals surface area contributed by atoms with Crippen molar-refractivity contribution in [1.82, 2.24) is 9.88 Å². The van der Waals surface area contributed by atoms with E-state index in [2.05, 4.69) is 157 Å². The third-order valence-electron chi connectivity index (χ3n) is 9.11. The van der Waals surface area contributed by atoms with Gasteiger partial charge in [-0.2, -0.15) is 0 Å². The molecule has 0 fully saturated rings. The number of para-hydroxylation sites is 1. The fourth-order valence-corrected chi connectivity index (χ4v) is 6.71. The van der Waals surface area contributed by atoms with Crippen LogP contribution in [0.5, 0.6) is 0 Å². The van der Waals surface area contributed by atoms with E-state index in [0.717, 1.165) is 61.7 Å². The van der Waals surface area contributed by atoms with Crippen molar-refractivity contribution in [2.24, 2.45) is 16.6 Å². The van der Waals surface area contributed by atoms with E-state index in [1.807, 2.05) is 31.3 Å². The number of nitrogens with zero attached hydrogens (tertiary/aromatic N) is 2. The first-order chi connectivity index (χ1) is 24.5. The molecule has 1 aromatic heterocycles. The Labute approximate surface area is 294 Å². The van der Waals surface area contributed by atoms with E-state index in [9.17, 15) is 0 Å². The lowest BCUT2D eigenvalue weighted by Gasteiger charge is -2.21. The first-order valence-electron chi connectivity index (χ1n) is 17.0. The second kappa shape index (κ2) is 14.0. The summed E-state index contributed by atoms with van der Waals surface area (Å²) >= 11 is 0. The van der Waals surface area contributed by atoms with Gasteiger partial charge in [0.05, 0.1) is 28.3 Å². The highest BCUT2D eigenvalue weighted by atomic mass is 15.0. The average molecular weight is 649 g/mol. The van der Waals surface area contributed by atoms with Gasteiger partial charge in [-0.1, -0.05) is 104 Å². The molecule has 7 rings (SSSR count). The summed E-state index contributed by atoms with van der Waals surface area (Å²) in [5, 5.41) is 4.68. The molecular formula is C46H40N4. The molecule has 0 radical (unpaired) electrons. The first kappa shape index (κ1) is 32.2. The van der Waals surface area contributed by atoms with Crippen molar-refractivity contribution in [2.45, 2.75) is 20.8 Å². The van der Waals surface area contributed by atoms with E-state index < -0.39 is 0 Å². The molecule has 0 saturated heterocycles. The molecule has 50 heavy (non-hydrogen) atoms. The van der Waals surface area contributed by atoms with Crippen LogP contribution in [0.25, 0.3) is 33.8 Å². The minimum absolute atomic E-state index is 0.186. The van der Waals surface area contributed by atoms with E-state index in [-0.39, 0.29) is 5.92 Å². The highest BCUT2D eigenvalue weighted by molar-refractivity contribution is 6.17. The fourth-order valence-electron chi connectivity index (χ4n) is 6.71. The number of hydrogen-bond donors (Lipinski definition) is 2. The molecule has 4 nitrogen and oxygen atoms in total. The van der Waals surface area contributed by atoms with Gasteiger partial charge in [0.2, 0.25) is 0 Å². The van der Waals surface area contributed by atoms with Crippen LogP contribution in [0.3, 0.4) is 0 Å². The molecule has 0 aliphatic heterocycles. The maximum Gasteiger partial charge on any atom is 0.0949 e. The van der Waals surface area contributed by atoms with Crippen molar-refractivity contribution >= 4 is 33.8 Å². The molecule has 3 N–H and O–H groups in total. The van der Waals surface area contributed by atoms with Gasteiger partial charge in [-0.3, -0.25) is 0 Å². The van der Waals surface area contributed by atoms with Crippen molar-refractivity contribution < 1.29 is 0 Å². The van der Waals surface area contributed by atoms with Crippen LogP contribution >= 0.6 is 0 Å². The van der Waals surface area contributed by atoms with Crippen LogP contribution in [0, 0.1) is 5.92 Å². The van der Waals surface area contributed by atoms with Crippen LogP contribution in [-0.2, 0) is 0 Å². The summed E-state index contributed by atoms with van der Waals surface area (Å²) in [5.41, 5.74) is 27.0. The lowest BCUT2D eigenvalue weighted by Crippen LogP contribution is -2.14. The molecule has 0 spiro atoms. The Morgan fingerprint density at radius 3 is 2.54 bits per heavy atom. The minimum atomic E-state index is 0.186. The monoisotopic (exact) mass is 648 g/mol. The van der Waals surface area contributed by atoms with Gasteiger partial charge < -0.3 is 15.6 Å². The highest BCUT2D eigenvalue weighted by Crippen LogP contribution is 2.38. The maximum absolute atomic E-state index is 6.44. The molecule has 0 saturated carbocycles. The van der Waals surface area contributed by atoms with Gasteiger partial charge in [0.25, 0.3) is 0 Å². The van der Waals surface area contributed by atoms with Gasteiger partial charge in [0.15, 0.2) is 0 Å². The Morgan fingerprint density at radius 2 is 1.80 bits per heavy atom. The third-order valence-corrected chi connectivity index (χ3v) is 9.11. The van der Waals surface area contributed by atoms with Crippen molar-refractivity contribution in [2.75, 3.05) is 7.05 Å². The van der Waals surface area contributed by atoms with Gasteiger partial charge in [-0.05, 0) is 67.8 Å². The summed E-state index contributed by atoms with van der Waals surface area (Å²) in [5.74, 6) is 0.186. The SMILES string of the molecule is C/C=C\c1c(C2=C=CC=C2)c2ccccc2n1-c1ccc(C2=C\C(C)\C=C/C(C)=C\C=C/2NC)c(/C(=N\C2=C(N)C=C=C2)c2ccccc2)c1. The third kappa shape index (κ3) is 6.18. The molecule has 244 valence electrons. The van der Waals surface area contributed by atoms with E-state index in [1.165, 1.54) is 11.0 Å². The second-order valence-electron chi connectivity index (χ2n) is 12.6. The molecule has 3 aliphatic rings. The zero-order valence-electron chi connectivity index (χ0n) is 28.9. The number of rotatable bonds is 8. The molecule has 4 aromatic rings. The van der Waals surface area contributed by atoms with E-state index >= 15 is 0 Å². The highest BCUT2D eigenvalue weighted by Gasteiger charge is 2.23. The summed E-state index contributed by atoms with van der Waals surface area (Å²) < 4.78 is 2.36. The van der Waals surface area contributed by atoms with Gasteiger partial charge in [0.1, 0.15) is 0 Å². The topological polar surface area (TPSA) is 55.3 Å². The number of nitrogens with one attached hydrogen (secondary N) is 1. The average Bonchev–Trinajstić information content (AvgIpc) is 3.89. The van der Waals surface area contributed by atoms with E-state index in [4.69, 9.17) is 10.7 Å².